The zero-order valence-corrected chi connectivity index (χ0v) is 16.5. The summed E-state index contributed by atoms with van der Waals surface area (Å²) in [5.41, 5.74) is 2.27. The second-order valence-electron chi connectivity index (χ2n) is 6.91. The van der Waals surface area contributed by atoms with E-state index in [0.717, 1.165) is 5.56 Å². The van der Waals surface area contributed by atoms with E-state index in [1.807, 2.05) is 6.92 Å². The summed E-state index contributed by atoms with van der Waals surface area (Å²) in [5.74, 6) is 0. The molecule has 2 aromatic heterocycles. The van der Waals surface area contributed by atoms with Crippen LogP contribution in [-0.2, 0) is 9.57 Å². The van der Waals surface area contributed by atoms with Gasteiger partial charge in [-0.15, -0.1) is 0 Å². The monoisotopic (exact) mass is 420 g/mol. The van der Waals surface area contributed by atoms with Crippen LogP contribution < -0.4 is 5.49 Å². The van der Waals surface area contributed by atoms with Crippen molar-refractivity contribution in [2.75, 3.05) is 7.11 Å². The van der Waals surface area contributed by atoms with Gasteiger partial charge < -0.3 is 34.4 Å². The lowest BCUT2D eigenvalue weighted by Crippen LogP contribution is -2.34. The number of rotatable bonds is 4. The van der Waals surface area contributed by atoms with Crippen LogP contribution in [0.2, 0.25) is 5.02 Å². The van der Waals surface area contributed by atoms with Crippen molar-refractivity contribution < 1.29 is 24.9 Å². The van der Waals surface area contributed by atoms with Crippen LogP contribution in [-0.4, -0.2) is 55.3 Å². The fourth-order valence-corrected chi connectivity index (χ4v) is 3.71. The number of fused-ring (bicyclic) bond motifs is 1. The van der Waals surface area contributed by atoms with E-state index in [-0.39, 0.29) is 0 Å². The highest BCUT2D eigenvalue weighted by molar-refractivity contribution is 6.31. The highest BCUT2D eigenvalue weighted by Crippen LogP contribution is 2.37. The first-order chi connectivity index (χ1) is 13.9. The number of aromatic nitrogens is 3. The van der Waals surface area contributed by atoms with Crippen molar-refractivity contribution in [2.45, 2.75) is 37.6 Å². The maximum atomic E-state index is 10.8. The van der Waals surface area contributed by atoms with Crippen molar-refractivity contribution in [1.29, 1.82) is 0 Å². The second kappa shape index (κ2) is 7.77. The normalized spacial score (nSPS) is 26.2. The second-order valence-corrected chi connectivity index (χ2v) is 7.32. The summed E-state index contributed by atoms with van der Waals surface area (Å²) in [6.45, 7) is 1.82. The summed E-state index contributed by atoms with van der Waals surface area (Å²) < 4.78 is 7.53. The van der Waals surface area contributed by atoms with Crippen LogP contribution >= 0.6 is 11.6 Å². The van der Waals surface area contributed by atoms with Crippen LogP contribution in [0.1, 0.15) is 23.5 Å². The number of aliphatic hydroxyl groups is 3. The molecule has 10 heteroatoms. The van der Waals surface area contributed by atoms with E-state index < -0.39 is 30.6 Å². The summed E-state index contributed by atoms with van der Waals surface area (Å²) in [4.78, 5) is 11.9. The Balaban J connectivity index is 1.67. The number of halogens is 1. The molecule has 1 fully saturated rings. The van der Waals surface area contributed by atoms with Gasteiger partial charge in [0.25, 0.3) is 0 Å². The Morgan fingerprint density at radius 1 is 1.31 bits per heavy atom. The molecule has 1 aliphatic rings. The summed E-state index contributed by atoms with van der Waals surface area (Å²) in [5, 5.41) is 37.0. The number of hydrogen-bond donors (Lipinski definition) is 4. The minimum absolute atomic E-state index is 0.362. The zero-order valence-electron chi connectivity index (χ0n) is 15.7. The molecule has 0 radical (unpaired) electrons. The predicted molar refractivity (Wildman–Crippen MR) is 104 cm³/mol. The largest absolute Gasteiger partial charge is 0.397 e. The average molecular weight is 421 g/mol. The highest BCUT2D eigenvalue weighted by Gasteiger charge is 2.47. The van der Waals surface area contributed by atoms with E-state index in [9.17, 15) is 15.3 Å². The quantitative estimate of drug-likeness (QED) is 0.469. The third-order valence-electron chi connectivity index (χ3n) is 5.11. The Labute approximate surface area is 170 Å². The molecule has 0 spiro atoms. The van der Waals surface area contributed by atoms with Crippen molar-refractivity contribution in [2.24, 2.45) is 5.16 Å². The molecule has 0 bridgehead atoms. The first kappa shape index (κ1) is 19.9. The van der Waals surface area contributed by atoms with E-state index >= 15 is 0 Å². The molecule has 1 saturated heterocycles. The van der Waals surface area contributed by atoms with Gasteiger partial charge in [0.05, 0.1) is 11.7 Å². The number of benzene rings is 1. The molecule has 0 unspecified atom stereocenters. The lowest BCUT2D eigenvalue weighted by Gasteiger charge is -2.22. The van der Waals surface area contributed by atoms with Crippen LogP contribution in [0.15, 0.2) is 41.9 Å². The van der Waals surface area contributed by atoms with Gasteiger partial charge in [-0.2, -0.15) is 0 Å². The van der Waals surface area contributed by atoms with Crippen molar-refractivity contribution >= 4 is 22.6 Å². The number of aromatic amines is 1. The fraction of sp³-hybridized carbons (Fsp3) is 0.368. The van der Waals surface area contributed by atoms with Crippen LogP contribution in [0.3, 0.4) is 0 Å². The molecule has 0 aliphatic carbocycles. The average Bonchev–Trinajstić information content (AvgIpc) is 3.26. The molecule has 1 aromatic carbocycles. The van der Waals surface area contributed by atoms with Gasteiger partial charge in [0.15, 0.2) is 6.23 Å². The van der Waals surface area contributed by atoms with Crippen LogP contribution in [0.25, 0.3) is 11.0 Å². The molecule has 154 valence electrons. The number of nitrogens with one attached hydrogen (secondary N) is 1. The standard InChI is InChI=1S/C19H21ClN4O5/c1-9-7-10(3-4-12(9)20)13(25)16-14(26)15(27)19(29-16)24-6-5-11-17(23-28-2)21-8-22-18(11)24/h3-8,13-16,19,25-27H,1-2H3,(H,21,22,23)/t13-,14+,15-,16-,19-/m1/s1. The van der Waals surface area contributed by atoms with Gasteiger partial charge in [0, 0.05) is 11.2 Å². The lowest BCUT2D eigenvalue weighted by atomic mass is 9.98. The number of nitrogens with zero attached hydrogens (tertiary/aromatic N) is 3. The lowest BCUT2D eigenvalue weighted by molar-refractivity contribution is -0.0848. The van der Waals surface area contributed by atoms with Crippen molar-refractivity contribution in [3.8, 4) is 0 Å². The smallest absolute Gasteiger partial charge is 0.203 e. The van der Waals surface area contributed by atoms with Gasteiger partial charge in [-0.25, -0.2) is 4.98 Å². The molecule has 3 heterocycles. The van der Waals surface area contributed by atoms with E-state index in [1.165, 1.54) is 13.4 Å². The molecule has 4 N–H and O–H groups in total. The summed E-state index contributed by atoms with van der Waals surface area (Å²) in [6, 6.07) is 6.81. The molecule has 0 saturated carbocycles. The Hall–Kier alpha value is -2.43. The Morgan fingerprint density at radius 3 is 2.83 bits per heavy atom. The number of H-pyrrole nitrogens is 1. The summed E-state index contributed by atoms with van der Waals surface area (Å²) in [6.07, 6.45) is -2.54. The maximum Gasteiger partial charge on any atom is 0.203 e. The van der Waals surface area contributed by atoms with Gasteiger partial charge in [-0.3, -0.25) is 0 Å². The first-order valence-corrected chi connectivity index (χ1v) is 9.37. The third-order valence-corrected chi connectivity index (χ3v) is 5.53. The van der Waals surface area contributed by atoms with Crippen LogP contribution in [0, 0.1) is 6.92 Å². The number of hydrogen-bond acceptors (Lipinski definition) is 7. The van der Waals surface area contributed by atoms with Crippen molar-refractivity contribution in [3.63, 3.8) is 0 Å². The third kappa shape index (κ3) is 3.41. The fourth-order valence-electron chi connectivity index (χ4n) is 3.59. The molecule has 29 heavy (non-hydrogen) atoms. The Kier molecular flexibility index (Phi) is 5.32. The topological polar surface area (TPSA) is 125 Å². The minimum atomic E-state index is -1.30. The molecular formula is C19H21ClN4O5. The predicted octanol–water partition coefficient (Wildman–Crippen LogP) is 1.14. The summed E-state index contributed by atoms with van der Waals surface area (Å²) in [7, 11) is 1.42. The van der Waals surface area contributed by atoms with Gasteiger partial charge in [0.1, 0.15) is 37.2 Å². The molecule has 5 atom stereocenters. The van der Waals surface area contributed by atoms with Crippen LogP contribution in [0.4, 0.5) is 0 Å². The summed E-state index contributed by atoms with van der Waals surface area (Å²) >= 11 is 6.05. The van der Waals surface area contributed by atoms with Gasteiger partial charge in [0.2, 0.25) is 5.49 Å². The molecule has 4 rings (SSSR count). The number of aryl methyl sites for hydroxylation is 1. The minimum Gasteiger partial charge on any atom is -0.397 e. The Bertz CT molecular complexity index is 1100. The van der Waals surface area contributed by atoms with Crippen molar-refractivity contribution in [1.82, 2.24) is 14.5 Å². The molecular weight excluding hydrogens is 400 g/mol. The number of aliphatic hydroxyl groups excluding tert-OH is 3. The van der Waals surface area contributed by atoms with E-state index in [2.05, 4.69) is 15.1 Å². The van der Waals surface area contributed by atoms with Gasteiger partial charge in [-0.1, -0.05) is 28.9 Å². The Morgan fingerprint density at radius 2 is 2.10 bits per heavy atom. The van der Waals surface area contributed by atoms with Gasteiger partial charge >= 0.3 is 0 Å². The molecule has 0 amide bonds. The SMILES string of the molecule is CON=c1nc[nH]c2c1ccn2[C@@H]1O[C@H]([C@H](O)c2ccc(Cl)c(C)c2)[C@@H](O)[C@H]1O. The van der Waals surface area contributed by atoms with E-state index in [1.54, 1.807) is 35.0 Å². The molecule has 1 aliphatic heterocycles. The molecule has 3 aromatic rings. The maximum absolute atomic E-state index is 10.8. The van der Waals surface area contributed by atoms with Gasteiger partial charge in [-0.05, 0) is 30.2 Å². The highest BCUT2D eigenvalue weighted by atomic mass is 35.5. The number of ether oxygens (including phenoxy) is 1. The van der Waals surface area contributed by atoms with E-state index in [4.69, 9.17) is 21.2 Å². The molecule has 9 nitrogen and oxygen atoms in total. The first-order valence-electron chi connectivity index (χ1n) is 8.99. The van der Waals surface area contributed by atoms with E-state index in [0.29, 0.717) is 27.1 Å². The van der Waals surface area contributed by atoms with Crippen LogP contribution in [0.5, 0.6) is 0 Å². The zero-order chi connectivity index (χ0) is 20.7. The van der Waals surface area contributed by atoms with Crippen molar-refractivity contribution in [3.05, 3.63) is 58.4 Å².